The van der Waals surface area contributed by atoms with Crippen molar-refractivity contribution in [1.29, 1.82) is 0 Å². The molecule has 21 heavy (non-hydrogen) atoms. The summed E-state index contributed by atoms with van der Waals surface area (Å²) < 4.78 is 1.48. The standard InChI is InChI=1S/C14H15N5O2/c15-10-4-1-3-9(7-10)11-8-16-12-13(17-11)19(5-2-6-20)14(21)18-12/h1,3-4,7-8,20H,2,5-6,15H2,(H,16,18,21). The SMILES string of the molecule is Nc1cccc(-c2cnc3[nH]c(=O)n(CCCO)c3n2)c1. The second kappa shape index (κ2) is 5.37. The van der Waals surface area contributed by atoms with E-state index in [4.69, 9.17) is 10.8 Å². The largest absolute Gasteiger partial charge is 0.399 e. The van der Waals surface area contributed by atoms with E-state index in [1.807, 2.05) is 12.1 Å². The van der Waals surface area contributed by atoms with E-state index in [2.05, 4.69) is 15.0 Å². The lowest BCUT2D eigenvalue weighted by atomic mass is 10.1. The van der Waals surface area contributed by atoms with Gasteiger partial charge in [0.15, 0.2) is 11.3 Å². The second-order valence-corrected chi connectivity index (χ2v) is 4.71. The molecule has 0 bridgehead atoms. The molecule has 3 rings (SSSR count). The fourth-order valence-electron chi connectivity index (χ4n) is 2.19. The highest BCUT2D eigenvalue weighted by atomic mass is 16.3. The number of H-pyrrole nitrogens is 1. The van der Waals surface area contributed by atoms with Crippen molar-refractivity contribution in [3.8, 4) is 11.3 Å². The minimum Gasteiger partial charge on any atom is -0.399 e. The summed E-state index contributed by atoms with van der Waals surface area (Å²) in [6.45, 7) is 0.409. The third-order valence-corrected chi connectivity index (χ3v) is 3.20. The molecule has 0 aliphatic rings. The average Bonchev–Trinajstić information content (AvgIpc) is 2.79. The first-order chi connectivity index (χ1) is 10.2. The topological polar surface area (TPSA) is 110 Å². The van der Waals surface area contributed by atoms with Crippen molar-refractivity contribution in [3.63, 3.8) is 0 Å². The number of anilines is 1. The lowest BCUT2D eigenvalue weighted by molar-refractivity contribution is 0.280. The van der Waals surface area contributed by atoms with Crippen molar-refractivity contribution in [2.45, 2.75) is 13.0 Å². The molecule has 2 heterocycles. The first-order valence-corrected chi connectivity index (χ1v) is 6.61. The van der Waals surface area contributed by atoms with E-state index < -0.39 is 0 Å². The van der Waals surface area contributed by atoms with Crippen LogP contribution in [0, 0.1) is 0 Å². The van der Waals surface area contributed by atoms with Crippen LogP contribution in [0.5, 0.6) is 0 Å². The molecule has 7 heteroatoms. The summed E-state index contributed by atoms with van der Waals surface area (Å²) in [5.74, 6) is 0. The first-order valence-electron chi connectivity index (χ1n) is 6.61. The Bertz CT molecular complexity index is 837. The number of aromatic nitrogens is 4. The van der Waals surface area contributed by atoms with Crippen LogP contribution in [0.4, 0.5) is 5.69 Å². The fraction of sp³-hybridized carbons (Fsp3) is 0.214. The van der Waals surface area contributed by atoms with Gasteiger partial charge in [0.1, 0.15) is 0 Å². The number of aromatic amines is 1. The number of rotatable bonds is 4. The van der Waals surface area contributed by atoms with E-state index in [0.29, 0.717) is 35.6 Å². The molecule has 0 spiro atoms. The van der Waals surface area contributed by atoms with Crippen LogP contribution in [0.3, 0.4) is 0 Å². The van der Waals surface area contributed by atoms with Crippen molar-refractivity contribution < 1.29 is 5.11 Å². The van der Waals surface area contributed by atoms with E-state index >= 15 is 0 Å². The van der Waals surface area contributed by atoms with Gasteiger partial charge in [-0.2, -0.15) is 0 Å². The van der Waals surface area contributed by atoms with E-state index in [0.717, 1.165) is 5.56 Å². The number of nitrogens with zero attached hydrogens (tertiary/aromatic N) is 3. The Morgan fingerprint density at radius 3 is 3.00 bits per heavy atom. The summed E-state index contributed by atoms with van der Waals surface area (Å²) in [6.07, 6.45) is 2.08. The molecule has 3 aromatic rings. The van der Waals surface area contributed by atoms with Gasteiger partial charge in [0.25, 0.3) is 0 Å². The van der Waals surface area contributed by atoms with Crippen molar-refractivity contribution >= 4 is 17.0 Å². The van der Waals surface area contributed by atoms with Crippen LogP contribution < -0.4 is 11.4 Å². The lowest BCUT2D eigenvalue weighted by Crippen LogP contribution is -2.17. The molecule has 0 saturated carbocycles. The first kappa shape index (κ1) is 13.3. The molecule has 4 N–H and O–H groups in total. The molecule has 0 saturated heterocycles. The summed E-state index contributed by atoms with van der Waals surface area (Å²) in [7, 11) is 0. The molecule has 0 atom stereocenters. The zero-order chi connectivity index (χ0) is 14.8. The normalized spacial score (nSPS) is 11.1. The maximum atomic E-state index is 11.9. The number of nitrogens with one attached hydrogen (secondary N) is 1. The Labute approximate surface area is 120 Å². The van der Waals surface area contributed by atoms with Crippen molar-refractivity contribution in [2.75, 3.05) is 12.3 Å². The Kier molecular flexibility index (Phi) is 3.41. The molecule has 1 aromatic carbocycles. The smallest absolute Gasteiger partial charge is 0.328 e. The molecule has 0 fully saturated rings. The minimum atomic E-state index is -0.275. The van der Waals surface area contributed by atoms with Crippen LogP contribution in [0.15, 0.2) is 35.3 Å². The summed E-state index contributed by atoms with van der Waals surface area (Å²) in [4.78, 5) is 23.3. The summed E-state index contributed by atoms with van der Waals surface area (Å²) >= 11 is 0. The maximum absolute atomic E-state index is 11.9. The highest BCUT2D eigenvalue weighted by molar-refractivity contribution is 5.72. The molecule has 7 nitrogen and oxygen atoms in total. The summed E-state index contributed by atoms with van der Waals surface area (Å²) in [5.41, 5.74) is 8.54. The predicted molar refractivity (Wildman–Crippen MR) is 79.7 cm³/mol. The zero-order valence-corrected chi connectivity index (χ0v) is 11.3. The van der Waals surface area contributed by atoms with Crippen LogP contribution in [-0.4, -0.2) is 31.2 Å². The number of aliphatic hydroxyl groups excluding tert-OH is 1. The summed E-state index contributed by atoms with van der Waals surface area (Å²) in [6, 6.07) is 7.32. The number of aliphatic hydroxyl groups is 1. The van der Waals surface area contributed by atoms with Gasteiger partial charge in [0, 0.05) is 24.4 Å². The van der Waals surface area contributed by atoms with Gasteiger partial charge in [-0.3, -0.25) is 9.55 Å². The van der Waals surface area contributed by atoms with Crippen LogP contribution in [0.2, 0.25) is 0 Å². The molecule has 0 radical (unpaired) electrons. The van der Waals surface area contributed by atoms with Gasteiger partial charge in [-0.15, -0.1) is 0 Å². The van der Waals surface area contributed by atoms with E-state index in [1.54, 1.807) is 18.3 Å². The average molecular weight is 285 g/mol. The van der Waals surface area contributed by atoms with E-state index in [-0.39, 0.29) is 12.3 Å². The van der Waals surface area contributed by atoms with Crippen LogP contribution >= 0.6 is 0 Å². The van der Waals surface area contributed by atoms with Gasteiger partial charge in [-0.1, -0.05) is 12.1 Å². The molecular formula is C14H15N5O2. The second-order valence-electron chi connectivity index (χ2n) is 4.71. The van der Waals surface area contributed by atoms with Crippen LogP contribution in [-0.2, 0) is 6.54 Å². The number of hydrogen-bond donors (Lipinski definition) is 3. The molecule has 2 aromatic heterocycles. The van der Waals surface area contributed by atoms with Crippen LogP contribution in [0.1, 0.15) is 6.42 Å². The van der Waals surface area contributed by atoms with Crippen molar-refractivity contribution in [2.24, 2.45) is 0 Å². The minimum absolute atomic E-state index is 0.0153. The number of nitrogens with two attached hydrogens (primary N) is 1. The molecule has 0 unspecified atom stereocenters. The monoisotopic (exact) mass is 285 g/mol. The number of benzene rings is 1. The number of nitrogen functional groups attached to an aromatic ring is 1. The highest BCUT2D eigenvalue weighted by Gasteiger charge is 2.11. The van der Waals surface area contributed by atoms with Gasteiger partial charge in [-0.05, 0) is 18.6 Å². The number of imidazole rings is 1. The van der Waals surface area contributed by atoms with E-state index in [1.165, 1.54) is 4.57 Å². The Balaban J connectivity index is 2.12. The van der Waals surface area contributed by atoms with Gasteiger partial charge < -0.3 is 10.8 Å². The van der Waals surface area contributed by atoms with Crippen molar-refractivity contribution in [1.82, 2.24) is 19.5 Å². The molecule has 0 amide bonds. The van der Waals surface area contributed by atoms with Crippen molar-refractivity contribution in [3.05, 3.63) is 40.9 Å². The van der Waals surface area contributed by atoms with Crippen LogP contribution in [0.25, 0.3) is 22.6 Å². The molecular weight excluding hydrogens is 270 g/mol. The third-order valence-electron chi connectivity index (χ3n) is 3.20. The number of hydrogen-bond acceptors (Lipinski definition) is 5. The molecule has 0 aliphatic carbocycles. The van der Waals surface area contributed by atoms with Gasteiger partial charge in [-0.25, -0.2) is 14.8 Å². The number of fused-ring (bicyclic) bond motifs is 1. The maximum Gasteiger partial charge on any atom is 0.328 e. The highest BCUT2D eigenvalue weighted by Crippen LogP contribution is 2.20. The lowest BCUT2D eigenvalue weighted by Gasteiger charge is -2.04. The van der Waals surface area contributed by atoms with E-state index in [9.17, 15) is 4.79 Å². The third kappa shape index (κ3) is 2.50. The quantitative estimate of drug-likeness (QED) is 0.613. The summed E-state index contributed by atoms with van der Waals surface area (Å²) in [5, 5.41) is 8.92. The number of aryl methyl sites for hydroxylation is 1. The fourth-order valence-corrected chi connectivity index (χ4v) is 2.19. The van der Waals surface area contributed by atoms with Gasteiger partial charge >= 0.3 is 5.69 Å². The Morgan fingerprint density at radius 1 is 1.38 bits per heavy atom. The molecule has 0 aliphatic heterocycles. The zero-order valence-electron chi connectivity index (χ0n) is 11.3. The molecule has 108 valence electrons. The Hall–Kier alpha value is -2.67. The Morgan fingerprint density at radius 2 is 2.24 bits per heavy atom. The predicted octanol–water partition coefficient (Wildman–Crippen LogP) is 0.751. The van der Waals surface area contributed by atoms with Gasteiger partial charge in [0.2, 0.25) is 0 Å². The van der Waals surface area contributed by atoms with Gasteiger partial charge in [0.05, 0.1) is 11.9 Å².